The number of benzene rings is 1. The molecular weight excluding hydrogens is 234 g/mol. The Labute approximate surface area is 117 Å². The van der Waals surface area contributed by atoms with Crippen LogP contribution in [0.2, 0.25) is 0 Å². The molecule has 0 radical (unpaired) electrons. The molecule has 2 atom stereocenters. The third kappa shape index (κ3) is 3.80. The minimum Gasteiger partial charge on any atom is -0.387 e. The first-order valence-corrected chi connectivity index (χ1v) is 7.49. The molecule has 19 heavy (non-hydrogen) atoms. The van der Waals surface area contributed by atoms with Crippen molar-refractivity contribution in [3.63, 3.8) is 0 Å². The second-order valence-corrected chi connectivity index (χ2v) is 6.42. The standard InChI is InChI=1S/C17H27NO/c1-12(2)11-18(16-9-10-16)14(4)17(19)15-7-5-13(3)6-8-15/h5-8,12,14,16-17,19H,9-11H2,1-4H3. The summed E-state index contributed by atoms with van der Waals surface area (Å²) in [4.78, 5) is 2.50. The summed E-state index contributed by atoms with van der Waals surface area (Å²) >= 11 is 0. The van der Waals surface area contributed by atoms with Gasteiger partial charge in [-0.25, -0.2) is 0 Å². The Balaban J connectivity index is 2.07. The average Bonchev–Trinajstić information content (AvgIpc) is 3.19. The first kappa shape index (κ1) is 14.5. The topological polar surface area (TPSA) is 23.5 Å². The molecule has 2 rings (SSSR count). The lowest BCUT2D eigenvalue weighted by Gasteiger charge is -2.34. The van der Waals surface area contributed by atoms with Gasteiger partial charge in [-0.2, -0.15) is 0 Å². The summed E-state index contributed by atoms with van der Waals surface area (Å²) in [7, 11) is 0. The highest BCUT2D eigenvalue weighted by Gasteiger charge is 2.35. The van der Waals surface area contributed by atoms with Crippen LogP contribution in [0.15, 0.2) is 24.3 Å². The Hall–Kier alpha value is -0.860. The largest absolute Gasteiger partial charge is 0.387 e. The first-order chi connectivity index (χ1) is 8.99. The molecule has 1 aromatic carbocycles. The van der Waals surface area contributed by atoms with Gasteiger partial charge in [-0.3, -0.25) is 4.90 Å². The van der Waals surface area contributed by atoms with E-state index in [2.05, 4.69) is 56.9 Å². The van der Waals surface area contributed by atoms with Gasteiger partial charge in [-0.15, -0.1) is 0 Å². The van der Waals surface area contributed by atoms with Crippen molar-refractivity contribution in [2.45, 2.75) is 58.7 Å². The van der Waals surface area contributed by atoms with E-state index < -0.39 is 0 Å². The van der Waals surface area contributed by atoms with Crippen molar-refractivity contribution >= 4 is 0 Å². The molecule has 2 nitrogen and oxygen atoms in total. The summed E-state index contributed by atoms with van der Waals surface area (Å²) in [6.45, 7) is 9.82. The maximum absolute atomic E-state index is 10.6. The van der Waals surface area contributed by atoms with Gasteiger partial charge in [0, 0.05) is 18.6 Å². The van der Waals surface area contributed by atoms with Crippen LogP contribution in [0, 0.1) is 12.8 Å². The van der Waals surface area contributed by atoms with Crippen LogP contribution in [0.4, 0.5) is 0 Å². The van der Waals surface area contributed by atoms with Crippen LogP contribution in [0.3, 0.4) is 0 Å². The minimum atomic E-state index is -0.389. The predicted octanol–water partition coefficient (Wildman–Crippen LogP) is 3.54. The maximum Gasteiger partial charge on any atom is 0.0942 e. The summed E-state index contributed by atoms with van der Waals surface area (Å²) in [5.41, 5.74) is 2.28. The normalized spacial score (nSPS) is 18.9. The highest BCUT2D eigenvalue weighted by atomic mass is 16.3. The lowest BCUT2D eigenvalue weighted by Crippen LogP contribution is -2.41. The molecule has 2 unspecified atom stereocenters. The fourth-order valence-corrected chi connectivity index (χ4v) is 2.70. The molecule has 1 saturated carbocycles. The molecule has 0 heterocycles. The van der Waals surface area contributed by atoms with Crippen LogP contribution in [-0.4, -0.2) is 28.6 Å². The van der Waals surface area contributed by atoms with E-state index in [4.69, 9.17) is 0 Å². The lowest BCUT2D eigenvalue weighted by molar-refractivity contribution is 0.0462. The van der Waals surface area contributed by atoms with Crippen molar-refractivity contribution in [2.24, 2.45) is 5.92 Å². The lowest BCUT2D eigenvalue weighted by atomic mass is 10.00. The molecular formula is C17H27NO. The first-order valence-electron chi connectivity index (χ1n) is 7.49. The van der Waals surface area contributed by atoms with E-state index in [9.17, 15) is 5.11 Å². The zero-order chi connectivity index (χ0) is 14.0. The van der Waals surface area contributed by atoms with Crippen LogP contribution < -0.4 is 0 Å². The van der Waals surface area contributed by atoms with Crippen LogP contribution >= 0.6 is 0 Å². The van der Waals surface area contributed by atoms with Gasteiger partial charge in [0.1, 0.15) is 0 Å². The van der Waals surface area contributed by atoms with Crippen molar-refractivity contribution in [3.8, 4) is 0 Å². The second kappa shape index (κ2) is 6.06. The smallest absolute Gasteiger partial charge is 0.0942 e. The zero-order valence-corrected chi connectivity index (χ0v) is 12.6. The van der Waals surface area contributed by atoms with Gasteiger partial charge in [0.05, 0.1) is 6.10 Å². The number of hydrogen-bond acceptors (Lipinski definition) is 2. The van der Waals surface area contributed by atoms with E-state index in [0.29, 0.717) is 12.0 Å². The van der Waals surface area contributed by atoms with Crippen molar-refractivity contribution in [1.29, 1.82) is 0 Å². The SMILES string of the molecule is Cc1ccc(C(O)C(C)N(CC(C)C)C2CC2)cc1. The molecule has 0 aromatic heterocycles. The number of aliphatic hydroxyl groups is 1. The van der Waals surface area contributed by atoms with E-state index >= 15 is 0 Å². The molecule has 1 aromatic rings. The summed E-state index contributed by atoms with van der Waals surface area (Å²) in [6, 6.07) is 9.15. The van der Waals surface area contributed by atoms with Gasteiger partial charge >= 0.3 is 0 Å². The quantitative estimate of drug-likeness (QED) is 0.846. The predicted molar refractivity (Wildman–Crippen MR) is 80.2 cm³/mol. The van der Waals surface area contributed by atoms with E-state index in [1.807, 2.05) is 0 Å². The van der Waals surface area contributed by atoms with E-state index in [-0.39, 0.29) is 12.1 Å². The number of aryl methyl sites for hydroxylation is 1. The van der Waals surface area contributed by atoms with Crippen LogP contribution in [-0.2, 0) is 0 Å². The molecule has 0 aliphatic heterocycles. The average molecular weight is 261 g/mol. The van der Waals surface area contributed by atoms with Crippen LogP contribution in [0.1, 0.15) is 50.8 Å². The molecule has 1 aliphatic carbocycles. The molecule has 1 aliphatic rings. The van der Waals surface area contributed by atoms with Crippen LogP contribution in [0.25, 0.3) is 0 Å². The third-order valence-electron chi connectivity index (χ3n) is 3.99. The monoisotopic (exact) mass is 261 g/mol. The molecule has 0 amide bonds. The number of nitrogens with zero attached hydrogens (tertiary/aromatic N) is 1. The number of rotatable bonds is 6. The Morgan fingerprint density at radius 2 is 1.74 bits per heavy atom. The Bertz CT molecular complexity index is 394. The summed E-state index contributed by atoms with van der Waals surface area (Å²) in [5, 5.41) is 10.6. The Morgan fingerprint density at radius 1 is 1.16 bits per heavy atom. The Morgan fingerprint density at radius 3 is 2.21 bits per heavy atom. The fourth-order valence-electron chi connectivity index (χ4n) is 2.70. The van der Waals surface area contributed by atoms with Gasteiger partial charge in [-0.05, 0) is 38.2 Å². The van der Waals surface area contributed by atoms with Gasteiger partial charge < -0.3 is 5.11 Å². The van der Waals surface area contributed by atoms with E-state index in [0.717, 1.165) is 12.1 Å². The van der Waals surface area contributed by atoms with Crippen molar-refractivity contribution < 1.29 is 5.11 Å². The highest BCUT2D eigenvalue weighted by molar-refractivity contribution is 5.24. The van der Waals surface area contributed by atoms with E-state index in [1.54, 1.807) is 0 Å². The van der Waals surface area contributed by atoms with Gasteiger partial charge in [0.25, 0.3) is 0 Å². The van der Waals surface area contributed by atoms with E-state index in [1.165, 1.54) is 18.4 Å². The third-order valence-corrected chi connectivity index (χ3v) is 3.99. The summed E-state index contributed by atoms with van der Waals surface area (Å²) < 4.78 is 0. The maximum atomic E-state index is 10.6. The molecule has 2 heteroatoms. The molecule has 106 valence electrons. The highest BCUT2D eigenvalue weighted by Crippen LogP contribution is 2.33. The number of aliphatic hydroxyl groups excluding tert-OH is 1. The summed E-state index contributed by atoms with van der Waals surface area (Å²) in [6.07, 6.45) is 2.19. The molecule has 1 fully saturated rings. The fraction of sp³-hybridized carbons (Fsp3) is 0.647. The van der Waals surface area contributed by atoms with Crippen molar-refractivity contribution in [1.82, 2.24) is 4.90 Å². The number of hydrogen-bond donors (Lipinski definition) is 1. The zero-order valence-electron chi connectivity index (χ0n) is 12.6. The molecule has 0 bridgehead atoms. The Kier molecular flexibility index (Phi) is 4.64. The molecule has 0 saturated heterocycles. The molecule has 0 spiro atoms. The molecule has 1 N–H and O–H groups in total. The minimum absolute atomic E-state index is 0.192. The van der Waals surface area contributed by atoms with Crippen molar-refractivity contribution in [3.05, 3.63) is 35.4 Å². The second-order valence-electron chi connectivity index (χ2n) is 6.42. The van der Waals surface area contributed by atoms with Gasteiger partial charge in [0.15, 0.2) is 0 Å². The van der Waals surface area contributed by atoms with Crippen LogP contribution in [0.5, 0.6) is 0 Å². The van der Waals surface area contributed by atoms with Crippen molar-refractivity contribution in [2.75, 3.05) is 6.54 Å². The summed E-state index contributed by atoms with van der Waals surface area (Å²) in [5.74, 6) is 0.647. The van der Waals surface area contributed by atoms with Gasteiger partial charge in [-0.1, -0.05) is 43.7 Å². The van der Waals surface area contributed by atoms with Gasteiger partial charge in [0.2, 0.25) is 0 Å².